The van der Waals surface area contributed by atoms with Crippen molar-refractivity contribution in [3.8, 4) is 0 Å². The van der Waals surface area contributed by atoms with Gasteiger partial charge in [0.2, 0.25) is 0 Å². The van der Waals surface area contributed by atoms with Gasteiger partial charge in [-0.1, -0.05) is 118 Å². The molecule has 10 nitrogen and oxygen atoms in total. The molecule has 4 atom stereocenters. The van der Waals surface area contributed by atoms with Crippen LogP contribution in [-0.4, -0.2) is 82.2 Å². The molecular weight excluding hydrogens is 741 g/mol. The molecule has 1 saturated heterocycles. The van der Waals surface area contributed by atoms with Crippen LogP contribution in [0.3, 0.4) is 0 Å². The first-order chi connectivity index (χ1) is 27.5. The highest BCUT2D eigenvalue weighted by molar-refractivity contribution is 7.45. The van der Waals surface area contributed by atoms with Crippen LogP contribution in [0.4, 0.5) is 0 Å². The van der Waals surface area contributed by atoms with Crippen molar-refractivity contribution < 1.29 is 46.8 Å². The largest absolute Gasteiger partial charge is 0.756 e. The lowest BCUT2D eigenvalue weighted by molar-refractivity contribution is -0.870. The summed E-state index contributed by atoms with van der Waals surface area (Å²) in [5.41, 5.74) is 0. The molecule has 0 aromatic rings. The lowest BCUT2D eigenvalue weighted by Crippen LogP contribution is -2.37. The van der Waals surface area contributed by atoms with Gasteiger partial charge in [0.1, 0.15) is 19.8 Å². The number of allylic oxidation sites excluding steroid dienone is 13. The number of phosphoric ester groups is 1. The van der Waals surface area contributed by atoms with Gasteiger partial charge in [-0.15, -0.1) is 0 Å². The van der Waals surface area contributed by atoms with Gasteiger partial charge < -0.3 is 32.6 Å². The van der Waals surface area contributed by atoms with Crippen molar-refractivity contribution in [3.05, 3.63) is 85.1 Å². The number of esters is 2. The Bertz CT molecular complexity index is 1310. The van der Waals surface area contributed by atoms with Crippen LogP contribution in [0.2, 0.25) is 0 Å². The number of rotatable bonds is 36. The minimum atomic E-state index is -4.66. The average molecular weight is 818 g/mol. The average Bonchev–Trinajstić information content (AvgIpc) is 3.91. The fourth-order valence-electron chi connectivity index (χ4n) is 5.38. The first-order valence-corrected chi connectivity index (χ1v) is 22.9. The fraction of sp³-hybridized carbons (Fsp3) is 0.652. The Labute approximate surface area is 346 Å². The van der Waals surface area contributed by atoms with Crippen molar-refractivity contribution in [2.75, 3.05) is 47.5 Å². The van der Waals surface area contributed by atoms with E-state index in [1.54, 1.807) is 0 Å². The summed E-state index contributed by atoms with van der Waals surface area (Å²) in [6.45, 7) is 3.93. The molecule has 1 heterocycles. The SMILES string of the molecule is CC/C=C\C/C=C\C/C=C\C/C=C\CCCCC(=O)O[C@H](COC(=O)CCC/C=C\C/C=C\C/C=C\CC1OC1CCCCC)COP(=O)([O-])OCC[N+](C)(C)C. The Morgan fingerprint density at radius 3 is 1.82 bits per heavy atom. The number of ether oxygens (including phenoxy) is 3. The summed E-state index contributed by atoms with van der Waals surface area (Å²) in [6.07, 6.45) is 45.1. The molecule has 0 amide bonds. The summed E-state index contributed by atoms with van der Waals surface area (Å²) in [7, 11) is 1.09. The Morgan fingerprint density at radius 2 is 1.23 bits per heavy atom. The maximum atomic E-state index is 12.6. The molecule has 324 valence electrons. The number of carbonyl (C=O) groups excluding carboxylic acids is 2. The topological polar surface area (TPSA) is 124 Å². The predicted molar refractivity (Wildman–Crippen MR) is 230 cm³/mol. The maximum absolute atomic E-state index is 12.6. The van der Waals surface area contributed by atoms with Crippen LogP contribution in [-0.2, 0) is 37.4 Å². The zero-order chi connectivity index (χ0) is 41.9. The van der Waals surface area contributed by atoms with E-state index in [0.29, 0.717) is 36.1 Å². The summed E-state index contributed by atoms with van der Waals surface area (Å²) in [4.78, 5) is 37.5. The van der Waals surface area contributed by atoms with E-state index in [0.717, 1.165) is 64.2 Å². The van der Waals surface area contributed by atoms with Crippen molar-refractivity contribution in [1.82, 2.24) is 0 Å². The van der Waals surface area contributed by atoms with Crippen molar-refractivity contribution in [3.63, 3.8) is 0 Å². The molecular formula is C46H76NO9P. The minimum absolute atomic E-state index is 0.0543. The second-order valence-electron chi connectivity index (χ2n) is 15.4. The lowest BCUT2D eigenvalue weighted by Gasteiger charge is -2.28. The highest BCUT2D eigenvalue weighted by Gasteiger charge is 2.36. The van der Waals surface area contributed by atoms with Crippen LogP contribution in [0.5, 0.6) is 0 Å². The van der Waals surface area contributed by atoms with E-state index >= 15 is 0 Å². The summed E-state index contributed by atoms with van der Waals surface area (Å²) < 4.78 is 39.5. The Morgan fingerprint density at radius 1 is 0.667 bits per heavy atom. The van der Waals surface area contributed by atoms with Crippen LogP contribution in [0.1, 0.15) is 129 Å². The number of carbonyl (C=O) groups is 2. The van der Waals surface area contributed by atoms with Gasteiger partial charge in [0.15, 0.2) is 6.10 Å². The molecule has 3 unspecified atom stereocenters. The third kappa shape index (κ3) is 34.9. The van der Waals surface area contributed by atoms with E-state index in [4.69, 9.17) is 23.3 Å². The smallest absolute Gasteiger partial charge is 0.306 e. The van der Waals surface area contributed by atoms with Crippen molar-refractivity contribution in [1.29, 1.82) is 0 Å². The molecule has 57 heavy (non-hydrogen) atoms. The van der Waals surface area contributed by atoms with Gasteiger partial charge in [-0.25, -0.2) is 0 Å². The molecule has 1 aliphatic heterocycles. The van der Waals surface area contributed by atoms with Gasteiger partial charge in [-0.2, -0.15) is 0 Å². The third-order valence-corrected chi connectivity index (χ3v) is 9.79. The number of quaternary nitrogens is 1. The fourth-order valence-corrected chi connectivity index (χ4v) is 6.11. The molecule has 0 aromatic heterocycles. The number of likely N-dealkylation sites (N-methyl/N-ethyl adjacent to an activating group) is 1. The van der Waals surface area contributed by atoms with Gasteiger partial charge in [-0.3, -0.25) is 14.2 Å². The predicted octanol–water partition coefficient (Wildman–Crippen LogP) is 10.4. The highest BCUT2D eigenvalue weighted by atomic mass is 31.2. The van der Waals surface area contributed by atoms with Gasteiger partial charge >= 0.3 is 11.9 Å². The Balaban J connectivity index is 2.37. The maximum Gasteiger partial charge on any atom is 0.306 e. The Kier molecular flexibility index (Phi) is 31.2. The van der Waals surface area contributed by atoms with Gasteiger partial charge in [0.05, 0.1) is 40.0 Å². The van der Waals surface area contributed by atoms with E-state index in [2.05, 4.69) is 92.8 Å². The summed E-state index contributed by atoms with van der Waals surface area (Å²) in [6, 6.07) is 0. The van der Waals surface area contributed by atoms with Crippen molar-refractivity contribution >= 4 is 19.8 Å². The van der Waals surface area contributed by atoms with E-state index in [9.17, 15) is 19.0 Å². The molecule has 0 radical (unpaired) electrons. The number of hydrogen-bond donors (Lipinski definition) is 0. The second-order valence-corrected chi connectivity index (χ2v) is 16.8. The first kappa shape index (κ1) is 52.2. The molecule has 1 aliphatic rings. The van der Waals surface area contributed by atoms with Crippen LogP contribution >= 0.6 is 7.82 Å². The molecule has 0 spiro atoms. The quantitative estimate of drug-likeness (QED) is 0.0152. The molecule has 1 fully saturated rings. The monoisotopic (exact) mass is 818 g/mol. The molecule has 0 aromatic carbocycles. The first-order valence-electron chi connectivity index (χ1n) is 21.4. The van der Waals surface area contributed by atoms with Gasteiger partial charge in [0, 0.05) is 12.8 Å². The summed E-state index contributed by atoms with van der Waals surface area (Å²) >= 11 is 0. The van der Waals surface area contributed by atoms with Crippen LogP contribution in [0, 0.1) is 0 Å². The van der Waals surface area contributed by atoms with Gasteiger partial charge in [-0.05, 0) is 83.5 Å². The van der Waals surface area contributed by atoms with E-state index < -0.39 is 32.5 Å². The number of nitrogens with zero attached hydrogens (tertiary/aromatic N) is 1. The van der Waals surface area contributed by atoms with E-state index in [-0.39, 0.29) is 26.1 Å². The van der Waals surface area contributed by atoms with E-state index in [1.165, 1.54) is 25.7 Å². The standard InChI is InChI=1S/C46H76NO9P/c1-6-8-10-11-12-13-14-15-16-17-18-23-26-29-33-37-46(49)55-42(41-54-57(50,51)53-39-38-47(3,4)5)40-52-45(48)36-32-28-25-22-20-19-21-24-27-31-35-44-43(56-44)34-30-9-7-2/h8,10,12-13,15-16,18-19,21-23,25,27,31,42-44H,6-7,9,11,14,17,20,24,26,28-30,32-41H2,1-5H3/b10-8-,13-12-,16-15-,21-19-,23-18-,25-22-,31-27-/t42-,43?,44?/m1/s1. The van der Waals surface area contributed by atoms with Crippen molar-refractivity contribution in [2.45, 2.75) is 148 Å². The minimum Gasteiger partial charge on any atom is -0.756 e. The van der Waals surface area contributed by atoms with Crippen molar-refractivity contribution in [2.24, 2.45) is 0 Å². The zero-order valence-corrected chi connectivity index (χ0v) is 36.8. The molecule has 11 heteroatoms. The summed E-state index contributed by atoms with van der Waals surface area (Å²) in [5, 5.41) is 0. The highest BCUT2D eigenvalue weighted by Crippen LogP contribution is 2.38. The van der Waals surface area contributed by atoms with Gasteiger partial charge in [0.25, 0.3) is 7.82 Å². The Hall–Kier alpha value is -2.85. The number of epoxide rings is 1. The van der Waals surface area contributed by atoms with Crippen LogP contribution in [0.15, 0.2) is 85.1 Å². The number of hydrogen-bond acceptors (Lipinski definition) is 9. The summed E-state index contributed by atoms with van der Waals surface area (Å²) in [5.74, 6) is -0.965. The second kappa shape index (κ2) is 34.1. The number of phosphoric acid groups is 1. The molecule has 0 aliphatic carbocycles. The lowest BCUT2D eigenvalue weighted by atomic mass is 10.1. The normalized spacial score (nSPS) is 18.0. The van der Waals surface area contributed by atoms with Crippen LogP contribution in [0.25, 0.3) is 0 Å². The molecule has 1 rings (SSSR count). The third-order valence-electron chi connectivity index (χ3n) is 8.82. The molecule has 0 saturated carbocycles. The molecule has 0 N–H and O–H groups in total. The number of unbranched alkanes of at least 4 members (excludes halogenated alkanes) is 5. The zero-order valence-electron chi connectivity index (χ0n) is 35.9. The van der Waals surface area contributed by atoms with Crippen LogP contribution < -0.4 is 4.89 Å². The van der Waals surface area contributed by atoms with E-state index in [1.807, 2.05) is 27.2 Å². The molecule has 0 bridgehead atoms.